The molecule has 2 aliphatic heterocycles. The molecule has 1 fully saturated rings. The zero-order valence-electron chi connectivity index (χ0n) is 43.8. The lowest BCUT2D eigenvalue weighted by atomic mass is 9.85. The van der Waals surface area contributed by atoms with Crippen molar-refractivity contribution in [3.63, 3.8) is 0 Å². The van der Waals surface area contributed by atoms with Crippen LogP contribution in [0.25, 0.3) is 15.4 Å². The van der Waals surface area contributed by atoms with E-state index in [1.165, 1.54) is 9.78 Å². The van der Waals surface area contributed by atoms with Gasteiger partial charge in [-0.25, -0.2) is 4.98 Å². The van der Waals surface area contributed by atoms with E-state index >= 15 is 0 Å². The van der Waals surface area contributed by atoms with Crippen LogP contribution in [0.4, 0.5) is 0 Å². The first kappa shape index (κ1) is 57.4. The summed E-state index contributed by atoms with van der Waals surface area (Å²) < 4.78 is 30.0. The zero-order valence-corrected chi connectivity index (χ0v) is 46.2. The molecule has 3 amide bonds. The highest BCUT2D eigenvalue weighted by atomic mass is 35.5. The van der Waals surface area contributed by atoms with Crippen molar-refractivity contribution >= 4 is 63.5 Å². The molecule has 2 aromatic carbocycles. The molecule has 404 valence electrons. The number of nitrogens with one attached hydrogen (secondary N) is 2. The van der Waals surface area contributed by atoms with Crippen LogP contribution >= 0.6 is 34.3 Å². The molecule has 3 N–H and O–H groups in total. The molecular weight excluding hydrogens is 1020 g/mol. The molecule has 5 heterocycles. The van der Waals surface area contributed by atoms with Gasteiger partial charge in [-0.2, -0.15) is 0 Å². The molecule has 0 saturated carbocycles. The van der Waals surface area contributed by atoms with Crippen LogP contribution < -0.4 is 10.6 Å². The number of fused-ring (bicyclic) bond motifs is 3. The van der Waals surface area contributed by atoms with E-state index in [0.29, 0.717) is 70.1 Å². The first-order valence-corrected chi connectivity index (χ1v) is 27.4. The SMILES string of the molecule is Cc1ncsc1-c1ccc(CCC(=O)[C@@H]2C[C@@H](O)CN2C(=O)[C@@H](NC(=O)COCCOCCOCCOCCOCCNC(=O)C[C@@H]2N=C(c3ccc(Cl)cc3)c3c(sc(C)c3C)-n3c(C)nnc32)C(C)(C)C)cc1. The van der Waals surface area contributed by atoms with Gasteiger partial charge in [0.25, 0.3) is 0 Å². The van der Waals surface area contributed by atoms with E-state index in [9.17, 15) is 24.3 Å². The number of halogens is 1. The topological polar surface area (TPSA) is 218 Å². The molecular formula is C54H69ClN8O10S2. The van der Waals surface area contributed by atoms with Gasteiger partial charge in [-0.3, -0.25) is 28.7 Å². The number of likely N-dealkylation sites (tertiary alicyclic amines) is 1. The lowest BCUT2D eigenvalue weighted by molar-refractivity contribution is -0.144. The van der Waals surface area contributed by atoms with Crippen molar-refractivity contribution in [2.75, 3.05) is 79.2 Å². The molecule has 0 radical (unpaired) electrons. The molecule has 1 saturated heterocycles. The number of ether oxygens (including phenoxy) is 5. The van der Waals surface area contributed by atoms with E-state index in [4.69, 9.17) is 40.3 Å². The molecule has 0 aliphatic carbocycles. The monoisotopic (exact) mass is 1090 g/mol. The van der Waals surface area contributed by atoms with Crippen LogP contribution in [0.2, 0.25) is 5.02 Å². The Balaban J connectivity index is 0.716. The number of ketones is 1. The number of rotatable bonds is 27. The van der Waals surface area contributed by atoms with E-state index in [1.807, 2.05) is 93.2 Å². The molecule has 21 heteroatoms. The van der Waals surface area contributed by atoms with E-state index in [2.05, 4.69) is 39.7 Å². The number of amides is 3. The van der Waals surface area contributed by atoms with Crippen LogP contribution in [0, 0.1) is 33.1 Å². The van der Waals surface area contributed by atoms with Gasteiger partial charge in [-0.15, -0.1) is 32.9 Å². The van der Waals surface area contributed by atoms with Crippen molar-refractivity contribution in [3.8, 4) is 15.4 Å². The van der Waals surface area contributed by atoms with Gasteiger partial charge < -0.3 is 44.3 Å². The molecule has 0 spiro atoms. The second-order valence-electron chi connectivity index (χ2n) is 19.7. The Morgan fingerprint density at radius 1 is 0.827 bits per heavy atom. The largest absolute Gasteiger partial charge is 0.391 e. The molecule has 0 bridgehead atoms. The van der Waals surface area contributed by atoms with Crippen LogP contribution in [0.15, 0.2) is 59.0 Å². The van der Waals surface area contributed by atoms with Gasteiger partial charge in [0.15, 0.2) is 11.6 Å². The Bertz CT molecular complexity index is 2750. The maximum atomic E-state index is 14.0. The van der Waals surface area contributed by atoms with Gasteiger partial charge >= 0.3 is 0 Å². The van der Waals surface area contributed by atoms with Gasteiger partial charge in [-0.05, 0) is 68.4 Å². The highest BCUT2D eigenvalue weighted by molar-refractivity contribution is 7.15. The average molecular weight is 1090 g/mol. The number of aliphatic hydroxyl groups is 1. The number of thiophene rings is 1. The number of aryl methyl sites for hydroxylation is 4. The predicted octanol–water partition coefficient (Wildman–Crippen LogP) is 6.52. The number of hydrogen-bond acceptors (Lipinski definition) is 16. The number of aromatic nitrogens is 4. The van der Waals surface area contributed by atoms with Crippen LogP contribution in [-0.2, 0) is 49.3 Å². The third-order valence-electron chi connectivity index (χ3n) is 13.0. The number of β-amino-alcohol motifs (C(OH)–C–C–N with tert-alkyl or cyclic N) is 1. The summed E-state index contributed by atoms with van der Waals surface area (Å²) in [6, 6.07) is 13.3. The zero-order chi connectivity index (χ0) is 53.6. The molecule has 18 nitrogen and oxygen atoms in total. The number of benzene rings is 2. The third kappa shape index (κ3) is 15.4. The number of aliphatic hydroxyl groups excluding tert-OH is 1. The Labute approximate surface area is 451 Å². The maximum Gasteiger partial charge on any atom is 0.246 e. The molecule has 5 aromatic rings. The molecule has 3 aromatic heterocycles. The van der Waals surface area contributed by atoms with Crippen LogP contribution in [0.1, 0.15) is 90.5 Å². The first-order valence-electron chi connectivity index (χ1n) is 25.3. The summed E-state index contributed by atoms with van der Waals surface area (Å²) in [7, 11) is 0. The number of hydrogen-bond donors (Lipinski definition) is 3. The molecule has 0 unspecified atom stereocenters. The van der Waals surface area contributed by atoms with Crippen LogP contribution in [0.3, 0.4) is 0 Å². The Morgan fingerprint density at radius 3 is 2.08 bits per heavy atom. The minimum absolute atomic E-state index is 0.0164. The van der Waals surface area contributed by atoms with E-state index < -0.39 is 41.5 Å². The Kier molecular flexibility index (Phi) is 20.8. The minimum Gasteiger partial charge on any atom is -0.391 e. The lowest BCUT2D eigenvalue weighted by Gasteiger charge is -2.35. The van der Waals surface area contributed by atoms with E-state index in [-0.39, 0.29) is 57.3 Å². The quantitative estimate of drug-likeness (QED) is 0.0478. The fraction of sp³-hybridized carbons (Fsp3) is 0.519. The van der Waals surface area contributed by atoms with Gasteiger partial charge in [0.1, 0.15) is 29.5 Å². The number of thiazole rings is 1. The fourth-order valence-electron chi connectivity index (χ4n) is 8.90. The molecule has 75 heavy (non-hydrogen) atoms. The van der Waals surface area contributed by atoms with Gasteiger partial charge in [0.2, 0.25) is 17.7 Å². The summed E-state index contributed by atoms with van der Waals surface area (Å²) >= 11 is 9.47. The van der Waals surface area contributed by atoms with Gasteiger partial charge in [0, 0.05) is 47.0 Å². The standard InChI is InChI=1S/C54H69ClN8O10S2/c1-33-35(3)75-53-47(33)48(38-13-15-40(55)16-14-38)58-42(51-61-60-36(4)63(51)53)29-45(66)56-18-19-69-20-21-70-22-23-71-24-25-72-26-27-73-31-46(67)59-50(54(5,6)7)52(68)62-30-41(64)28-43(62)44(65)17-10-37-8-11-39(12-9-37)49-34(2)57-32-74-49/h8-9,11-16,32,41-43,50,64H,10,17-31H2,1-7H3,(H,56,66)(H,59,67)/t41-,42+,43+,50-/m1/s1. The number of nitrogens with zero attached hydrogens (tertiary/aromatic N) is 6. The highest BCUT2D eigenvalue weighted by Crippen LogP contribution is 2.40. The maximum absolute atomic E-state index is 14.0. The summed E-state index contributed by atoms with van der Waals surface area (Å²) in [5.41, 5.74) is 8.00. The number of Topliss-reactive ketones (excluding diaryl/α,β-unsaturated/α-hetero) is 1. The Morgan fingerprint density at radius 2 is 1.45 bits per heavy atom. The normalized spacial score (nSPS) is 16.8. The first-order chi connectivity index (χ1) is 36.0. The second kappa shape index (κ2) is 27.2. The van der Waals surface area contributed by atoms with E-state index in [0.717, 1.165) is 54.9 Å². The highest BCUT2D eigenvalue weighted by Gasteiger charge is 2.44. The van der Waals surface area contributed by atoms with Gasteiger partial charge in [0.05, 0.1) is 99.8 Å². The summed E-state index contributed by atoms with van der Waals surface area (Å²) in [6.07, 6.45) is 0.111. The number of carbonyl (C=O) groups is 4. The second-order valence-corrected chi connectivity index (χ2v) is 22.1. The molecule has 2 aliphatic rings. The summed E-state index contributed by atoms with van der Waals surface area (Å²) in [5, 5.41) is 26.8. The third-order valence-corrected chi connectivity index (χ3v) is 15.4. The van der Waals surface area contributed by atoms with Crippen molar-refractivity contribution in [2.24, 2.45) is 10.4 Å². The number of carbonyl (C=O) groups excluding carboxylic acids is 4. The molecule has 4 atom stereocenters. The van der Waals surface area contributed by atoms with Crippen molar-refractivity contribution in [1.82, 2.24) is 35.3 Å². The lowest BCUT2D eigenvalue weighted by Crippen LogP contribution is -2.57. The smallest absolute Gasteiger partial charge is 0.246 e. The van der Waals surface area contributed by atoms with Crippen LogP contribution in [0.5, 0.6) is 0 Å². The fourth-order valence-corrected chi connectivity index (χ4v) is 11.1. The summed E-state index contributed by atoms with van der Waals surface area (Å²) in [6.45, 7) is 16.4. The van der Waals surface area contributed by atoms with Gasteiger partial charge in [-0.1, -0.05) is 68.8 Å². The summed E-state index contributed by atoms with van der Waals surface area (Å²) in [5.74, 6) is 0.145. The minimum atomic E-state index is -0.946. The Hall–Kier alpha value is -5.29. The van der Waals surface area contributed by atoms with E-state index in [1.54, 1.807) is 22.7 Å². The average Bonchev–Trinajstić information content (AvgIpc) is 4.17. The van der Waals surface area contributed by atoms with Crippen molar-refractivity contribution in [1.29, 1.82) is 0 Å². The number of aliphatic imine (C=N–C) groups is 1. The summed E-state index contributed by atoms with van der Waals surface area (Å²) in [4.78, 5) is 66.9. The predicted molar refractivity (Wildman–Crippen MR) is 288 cm³/mol. The van der Waals surface area contributed by atoms with Crippen molar-refractivity contribution in [3.05, 3.63) is 104 Å². The van der Waals surface area contributed by atoms with Crippen LogP contribution in [-0.4, -0.2) is 156 Å². The molecule has 7 rings (SSSR count). The van der Waals surface area contributed by atoms with Crippen molar-refractivity contribution < 1.29 is 48.0 Å². The van der Waals surface area contributed by atoms with Crippen molar-refractivity contribution in [2.45, 2.75) is 98.4 Å².